The second kappa shape index (κ2) is 9.31. The maximum Gasteiger partial charge on any atom is 0.257 e. The quantitative estimate of drug-likeness (QED) is 0.590. The van der Waals surface area contributed by atoms with E-state index in [9.17, 15) is 9.59 Å². The molecule has 2 aliphatic heterocycles. The number of aromatic nitrogens is 1. The highest BCUT2D eigenvalue weighted by Crippen LogP contribution is 2.39. The van der Waals surface area contributed by atoms with Crippen LogP contribution in [0.15, 0.2) is 48.5 Å². The second-order valence-electron chi connectivity index (χ2n) is 9.03. The van der Waals surface area contributed by atoms with E-state index in [4.69, 9.17) is 9.47 Å². The molecule has 180 valence electrons. The van der Waals surface area contributed by atoms with Crippen LogP contribution in [0.4, 0.5) is 5.13 Å². The third-order valence-corrected chi connectivity index (χ3v) is 7.85. The van der Waals surface area contributed by atoms with Crippen LogP contribution in [0.1, 0.15) is 38.8 Å². The van der Waals surface area contributed by atoms with Crippen molar-refractivity contribution in [1.82, 2.24) is 14.8 Å². The number of aryl methyl sites for hydroxylation is 1. The van der Waals surface area contributed by atoms with Crippen molar-refractivity contribution in [3.8, 4) is 11.5 Å². The maximum absolute atomic E-state index is 13.4. The highest BCUT2D eigenvalue weighted by atomic mass is 32.1. The Hall–Kier alpha value is -3.43. The van der Waals surface area contributed by atoms with E-state index in [0.29, 0.717) is 23.8 Å². The predicted octanol–water partition coefficient (Wildman–Crippen LogP) is 3.50. The van der Waals surface area contributed by atoms with Gasteiger partial charge >= 0.3 is 0 Å². The number of hydrogen-bond donors (Lipinski definition) is 1. The van der Waals surface area contributed by atoms with Crippen LogP contribution in [0.5, 0.6) is 11.5 Å². The van der Waals surface area contributed by atoms with Crippen molar-refractivity contribution in [1.29, 1.82) is 0 Å². The Balaban J connectivity index is 1.05. The fourth-order valence-electron chi connectivity index (χ4n) is 4.92. The van der Waals surface area contributed by atoms with Crippen LogP contribution in [0.2, 0.25) is 0 Å². The van der Waals surface area contributed by atoms with Crippen molar-refractivity contribution in [2.75, 3.05) is 38.3 Å². The highest BCUT2D eigenvalue weighted by Gasteiger charge is 2.36. The molecule has 35 heavy (non-hydrogen) atoms. The monoisotopic (exact) mass is 490 g/mol. The van der Waals surface area contributed by atoms with E-state index in [-0.39, 0.29) is 24.5 Å². The SMILES string of the molecule is O=C(Nc1nc2c(s1)CCC2C(=O)N1CCN(Cc2ccc3c(c2)OCO3)CC1)c1ccccc1. The number of benzene rings is 2. The fraction of sp³-hybridized carbons (Fsp3) is 0.346. The van der Waals surface area contributed by atoms with E-state index in [0.717, 1.165) is 54.5 Å². The third-order valence-electron chi connectivity index (χ3n) is 6.80. The molecule has 0 radical (unpaired) electrons. The second-order valence-corrected chi connectivity index (χ2v) is 10.1. The minimum Gasteiger partial charge on any atom is -0.454 e. The van der Waals surface area contributed by atoms with Gasteiger partial charge in [0.1, 0.15) is 0 Å². The lowest BCUT2D eigenvalue weighted by Crippen LogP contribution is -2.49. The number of rotatable bonds is 5. The zero-order valence-corrected chi connectivity index (χ0v) is 20.1. The molecular weight excluding hydrogens is 464 g/mol. The topological polar surface area (TPSA) is 84.0 Å². The Morgan fingerprint density at radius 2 is 1.83 bits per heavy atom. The molecule has 1 N–H and O–H groups in total. The van der Waals surface area contributed by atoms with Gasteiger partial charge in [-0.1, -0.05) is 24.3 Å². The zero-order chi connectivity index (χ0) is 23.8. The number of nitrogens with zero attached hydrogens (tertiary/aromatic N) is 3. The van der Waals surface area contributed by atoms with Crippen LogP contribution < -0.4 is 14.8 Å². The summed E-state index contributed by atoms with van der Waals surface area (Å²) in [5.41, 5.74) is 2.61. The molecule has 1 unspecified atom stereocenters. The number of nitrogens with one attached hydrogen (secondary N) is 1. The normalized spacial score (nSPS) is 19.0. The molecule has 3 aliphatic rings. The first kappa shape index (κ1) is 22.1. The Bertz CT molecular complexity index is 1250. The molecule has 0 bridgehead atoms. The number of carbonyl (C=O) groups is 2. The summed E-state index contributed by atoms with van der Waals surface area (Å²) in [5, 5.41) is 3.46. The van der Waals surface area contributed by atoms with E-state index in [2.05, 4.69) is 21.3 Å². The van der Waals surface area contributed by atoms with Gasteiger partial charge in [-0.3, -0.25) is 19.8 Å². The van der Waals surface area contributed by atoms with Crippen LogP contribution in [0, 0.1) is 0 Å². The molecule has 3 heterocycles. The predicted molar refractivity (Wildman–Crippen MR) is 132 cm³/mol. The molecule has 1 atom stereocenters. The van der Waals surface area contributed by atoms with Crippen LogP contribution in [0.3, 0.4) is 0 Å². The van der Waals surface area contributed by atoms with Crippen molar-refractivity contribution >= 4 is 28.3 Å². The van der Waals surface area contributed by atoms with Gasteiger partial charge in [0, 0.05) is 43.2 Å². The summed E-state index contributed by atoms with van der Waals surface area (Å²) in [5.74, 6) is 1.35. The lowest BCUT2D eigenvalue weighted by Gasteiger charge is -2.36. The van der Waals surface area contributed by atoms with E-state index in [1.165, 1.54) is 16.9 Å². The summed E-state index contributed by atoms with van der Waals surface area (Å²) in [7, 11) is 0. The highest BCUT2D eigenvalue weighted by molar-refractivity contribution is 7.16. The lowest BCUT2D eigenvalue weighted by atomic mass is 10.0. The lowest BCUT2D eigenvalue weighted by molar-refractivity contribution is -0.134. The molecule has 2 amide bonds. The minimum atomic E-state index is -0.218. The van der Waals surface area contributed by atoms with Crippen LogP contribution in [0.25, 0.3) is 0 Å². The van der Waals surface area contributed by atoms with Gasteiger partial charge in [-0.05, 0) is 42.7 Å². The average molecular weight is 491 g/mol. The number of piperazine rings is 1. The summed E-state index contributed by atoms with van der Waals surface area (Å²) in [6.45, 7) is 4.17. The molecule has 2 aromatic carbocycles. The Kier molecular flexibility index (Phi) is 5.87. The van der Waals surface area contributed by atoms with Crippen LogP contribution in [-0.4, -0.2) is 59.6 Å². The molecule has 1 saturated heterocycles. The molecule has 0 spiro atoms. The van der Waals surface area contributed by atoms with Gasteiger partial charge in [0.2, 0.25) is 12.7 Å². The molecule has 9 heteroatoms. The van der Waals surface area contributed by atoms with E-state index in [1.54, 1.807) is 12.1 Å². The number of amides is 2. The van der Waals surface area contributed by atoms with Crippen molar-refractivity contribution in [2.45, 2.75) is 25.3 Å². The first-order valence-electron chi connectivity index (χ1n) is 11.9. The van der Waals surface area contributed by atoms with Crippen molar-refractivity contribution in [3.05, 3.63) is 70.2 Å². The number of ether oxygens (including phenoxy) is 2. The Morgan fingerprint density at radius 1 is 1.03 bits per heavy atom. The van der Waals surface area contributed by atoms with Gasteiger partial charge in [-0.25, -0.2) is 4.98 Å². The minimum absolute atomic E-state index is 0.151. The fourth-order valence-corrected chi connectivity index (χ4v) is 5.96. The summed E-state index contributed by atoms with van der Waals surface area (Å²) in [6, 6.07) is 15.2. The Morgan fingerprint density at radius 3 is 2.66 bits per heavy atom. The van der Waals surface area contributed by atoms with Crippen LogP contribution in [-0.2, 0) is 17.8 Å². The average Bonchev–Trinajstić information content (AvgIpc) is 3.60. The third kappa shape index (κ3) is 4.49. The van der Waals surface area contributed by atoms with Gasteiger partial charge in [0.25, 0.3) is 5.91 Å². The maximum atomic E-state index is 13.4. The summed E-state index contributed by atoms with van der Waals surface area (Å²) in [4.78, 5) is 35.9. The molecular formula is C26H26N4O4S. The standard InChI is InChI=1S/C26H26N4O4S/c31-24(18-4-2-1-3-5-18)28-26-27-23-19(7-9-22(23)35-26)25(32)30-12-10-29(11-13-30)15-17-6-8-20-21(14-17)34-16-33-20/h1-6,8,14,19H,7,9-13,15-16H2,(H,27,28,31). The molecule has 8 nitrogen and oxygen atoms in total. The van der Waals surface area contributed by atoms with Gasteiger partial charge in [0.15, 0.2) is 16.6 Å². The van der Waals surface area contributed by atoms with E-state index >= 15 is 0 Å². The smallest absolute Gasteiger partial charge is 0.257 e. The van der Waals surface area contributed by atoms with Crippen molar-refractivity contribution < 1.29 is 19.1 Å². The van der Waals surface area contributed by atoms with Crippen LogP contribution >= 0.6 is 11.3 Å². The first-order valence-corrected chi connectivity index (χ1v) is 12.7. The number of fused-ring (bicyclic) bond motifs is 2. The van der Waals surface area contributed by atoms with Gasteiger partial charge in [0.05, 0.1) is 11.6 Å². The summed E-state index contributed by atoms with van der Waals surface area (Å²) < 4.78 is 10.9. The Labute approximate surface area is 207 Å². The summed E-state index contributed by atoms with van der Waals surface area (Å²) in [6.07, 6.45) is 1.62. The van der Waals surface area contributed by atoms with E-state index < -0.39 is 0 Å². The first-order chi connectivity index (χ1) is 17.1. The number of thiazole rings is 1. The summed E-state index contributed by atoms with van der Waals surface area (Å²) >= 11 is 1.48. The van der Waals surface area contributed by atoms with E-state index in [1.807, 2.05) is 35.2 Å². The van der Waals surface area contributed by atoms with Gasteiger partial charge in [-0.2, -0.15) is 0 Å². The van der Waals surface area contributed by atoms with Crippen molar-refractivity contribution in [3.63, 3.8) is 0 Å². The zero-order valence-electron chi connectivity index (χ0n) is 19.2. The number of anilines is 1. The van der Waals surface area contributed by atoms with Gasteiger partial charge in [-0.15, -0.1) is 11.3 Å². The largest absolute Gasteiger partial charge is 0.454 e. The number of hydrogen-bond acceptors (Lipinski definition) is 7. The molecule has 1 aromatic heterocycles. The van der Waals surface area contributed by atoms with Gasteiger partial charge < -0.3 is 14.4 Å². The molecule has 6 rings (SSSR count). The molecule has 1 aliphatic carbocycles. The van der Waals surface area contributed by atoms with Crippen molar-refractivity contribution in [2.24, 2.45) is 0 Å². The molecule has 0 saturated carbocycles. The molecule has 3 aromatic rings. The molecule has 1 fully saturated rings. The number of carbonyl (C=O) groups excluding carboxylic acids is 2.